The molecule has 32 heavy (non-hydrogen) atoms. The van der Waals surface area contributed by atoms with Gasteiger partial charge in [-0.2, -0.15) is 0 Å². The number of thioether (sulfide) groups is 1. The molecule has 4 rings (SSSR count). The number of aromatic nitrogens is 4. The summed E-state index contributed by atoms with van der Waals surface area (Å²) >= 11 is 9.07. The van der Waals surface area contributed by atoms with E-state index in [0.717, 1.165) is 27.9 Å². The van der Waals surface area contributed by atoms with Crippen LogP contribution < -0.4 is 9.64 Å². The van der Waals surface area contributed by atoms with Gasteiger partial charge in [0.25, 0.3) is 0 Å². The van der Waals surface area contributed by atoms with Crippen molar-refractivity contribution in [2.75, 3.05) is 19.1 Å². The smallest absolute Gasteiger partial charge is 0.225 e. The van der Waals surface area contributed by atoms with Crippen LogP contribution in [0.25, 0.3) is 17.1 Å². The van der Waals surface area contributed by atoms with Crippen molar-refractivity contribution in [3.05, 3.63) is 64.6 Å². The van der Waals surface area contributed by atoms with Gasteiger partial charge in [0, 0.05) is 41.4 Å². The molecule has 0 saturated heterocycles. The molecule has 0 fully saturated rings. The largest absolute Gasteiger partial charge is 0.497 e. The second-order valence-electron chi connectivity index (χ2n) is 6.84. The maximum atomic E-state index is 11.6. The molecule has 10 heteroatoms. The van der Waals surface area contributed by atoms with E-state index in [9.17, 15) is 4.79 Å². The highest BCUT2D eigenvalue weighted by Crippen LogP contribution is 2.32. The second kappa shape index (κ2) is 9.72. The van der Waals surface area contributed by atoms with Gasteiger partial charge in [0.05, 0.1) is 12.8 Å². The van der Waals surface area contributed by atoms with Crippen LogP contribution in [0.15, 0.2) is 59.1 Å². The molecule has 0 aliphatic rings. The first-order valence-corrected chi connectivity index (χ1v) is 11.9. The number of carbonyl (C=O) groups excluding carboxylic acids is 1. The van der Waals surface area contributed by atoms with Crippen LogP contribution >= 0.6 is 34.7 Å². The molecule has 0 aliphatic heterocycles. The predicted octanol–water partition coefficient (Wildman–Crippen LogP) is 5.33. The molecule has 2 heterocycles. The lowest BCUT2D eigenvalue weighted by Gasteiger charge is -2.11. The number of benzene rings is 2. The molecule has 0 spiro atoms. The highest BCUT2D eigenvalue weighted by atomic mass is 35.5. The minimum absolute atomic E-state index is 0.0519. The zero-order valence-electron chi connectivity index (χ0n) is 17.7. The summed E-state index contributed by atoms with van der Waals surface area (Å²) < 4.78 is 7.36. The van der Waals surface area contributed by atoms with Crippen molar-refractivity contribution in [2.45, 2.75) is 17.8 Å². The Labute approximate surface area is 199 Å². The first kappa shape index (κ1) is 22.3. The van der Waals surface area contributed by atoms with E-state index in [0.29, 0.717) is 21.7 Å². The molecule has 0 saturated carbocycles. The molecule has 164 valence electrons. The number of methoxy groups -OCH3 is 1. The average molecular weight is 486 g/mol. The molecule has 7 nitrogen and oxygen atoms in total. The number of nitrogens with zero attached hydrogens (tertiary/aromatic N) is 5. The standard InChI is InChI=1S/C22H20ClN5O2S2/c1-14(29)27(2)21-24-17(12-31-21)13-32-22-26-25-20(15-5-4-6-19(11-15)30-3)28(22)18-9-7-16(23)8-10-18/h4-12H,13H2,1-3H3. The van der Waals surface area contributed by atoms with Gasteiger partial charge in [0.15, 0.2) is 16.1 Å². The molecule has 1 amide bonds. The van der Waals surface area contributed by atoms with Crippen molar-refractivity contribution in [2.24, 2.45) is 0 Å². The average Bonchev–Trinajstić information content (AvgIpc) is 3.45. The number of anilines is 1. The fraction of sp³-hybridized carbons (Fsp3) is 0.182. The van der Waals surface area contributed by atoms with Crippen LogP contribution in [0.1, 0.15) is 12.6 Å². The van der Waals surface area contributed by atoms with E-state index >= 15 is 0 Å². The maximum absolute atomic E-state index is 11.6. The van der Waals surface area contributed by atoms with Crippen LogP contribution in [0, 0.1) is 0 Å². The van der Waals surface area contributed by atoms with Gasteiger partial charge in [0.1, 0.15) is 5.75 Å². The third-order valence-electron chi connectivity index (χ3n) is 4.69. The van der Waals surface area contributed by atoms with E-state index in [4.69, 9.17) is 16.3 Å². The van der Waals surface area contributed by atoms with Gasteiger partial charge >= 0.3 is 0 Å². The number of thiazole rings is 1. The van der Waals surface area contributed by atoms with Crippen LogP contribution in [-0.2, 0) is 10.5 Å². The van der Waals surface area contributed by atoms with E-state index < -0.39 is 0 Å². The van der Waals surface area contributed by atoms with Crippen LogP contribution in [0.3, 0.4) is 0 Å². The SMILES string of the molecule is COc1cccc(-c2nnc(SCc3csc(N(C)C(C)=O)n3)n2-c2ccc(Cl)cc2)c1. The highest BCUT2D eigenvalue weighted by molar-refractivity contribution is 7.98. The highest BCUT2D eigenvalue weighted by Gasteiger charge is 2.18. The fourth-order valence-corrected chi connectivity index (χ4v) is 4.84. The lowest BCUT2D eigenvalue weighted by atomic mass is 10.2. The Kier molecular flexibility index (Phi) is 6.78. The molecule has 2 aromatic heterocycles. The van der Waals surface area contributed by atoms with E-state index in [2.05, 4.69) is 15.2 Å². The molecule has 0 N–H and O–H groups in total. The first-order chi connectivity index (χ1) is 15.5. The number of carbonyl (C=O) groups is 1. The molecular formula is C22H20ClN5O2S2. The summed E-state index contributed by atoms with van der Waals surface area (Å²) in [5.41, 5.74) is 2.66. The Morgan fingerprint density at radius 2 is 2.00 bits per heavy atom. The van der Waals surface area contributed by atoms with Crippen molar-refractivity contribution in [1.29, 1.82) is 0 Å². The third-order valence-corrected chi connectivity index (χ3v) is 6.87. The molecular weight excluding hydrogens is 466 g/mol. The third kappa shape index (κ3) is 4.79. The quantitative estimate of drug-likeness (QED) is 0.329. The van der Waals surface area contributed by atoms with Crippen molar-refractivity contribution in [3.8, 4) is 22.8 Å². The van der Waals surface area contributed by atoms with Crippen molar-refractivity contribution in [1.82, 2.24) is 19.7 Å². The minimum Gasteiger partial charge on any atom is -0.497 e. The molecule has 0 atom stereocenters. The zero-order valence-corrected chi connectivity index (χ0v) is 20.0. The van der Waals surface area contributed by atoms with E-state index in [-0.39, 0.29) is 5.91 Å². The van der Waals surface area contributed by atoms with Crippen LogP contribution in [0.2, 0.25) is 5.02 Å². The molecule has 0 bridgehead atoms. The minimum atomic E-state index is -0.0519. The number of amides is 1. The molecule has 4 aromatic rings. The Morgan fingerprint density at radius 3 is 2.72 bits per heavy atom. The number of hydrogen-bond acceptors (Lipinski definition) is 7. The first-order valence-electron chi connectivity index (χ1n) is 9.63. The van der Waals surface area contributed by atoms with Crippen molar-refractivity contribution < 1.29 is 9.53 Å². The van der Waals surface area contributed by atoms with Gasteiger partial charge in [-0.15, -0.1) is 21.5 Å². The summed E-state index contributed by atoms with van der Waals surface area (Å²) in [6, 6.07) is 15.2. The van der Waals surface area contributed by atoms with Crippen LogP contribution in [0.5, 0.6) is 5.75 Å². The summed E-state index contributed by atoms with van der Waals surface area (Å²) in [6.07, 6.45) is 0. The van der Waals surface area contributed by atoms with Gasteiger partial charge in [-0.3, -0.25) is 14.3 Å². The van der Waals surface area contributed by atoms with Gasteiger partial charge in [0.2, 0.25) is 5.91 Å². The normalized spacial score (nSPS) is 10.9. The summed E-state index contributed by atoms with van der Waals surface area (Å²) in [5.74, 6) is 1.98. The fourth-order valence-electron chi connectivity index (χ4n) is 2.93. The number of ether oxygens (including phenoxy) is 1. The Bertz CT molecular complexity index is 1240. The Balaban J connectivity index is 1.67. The lowest BCUT2D eigenvalue weighted by molar-refractivity contribution is -0.116. The molecule has 0 unspecified atom stereocenters. The zero-order chi connectivity index (χ0) is 22.7. The van der Waals surface area contributed by atoms with Gasteiger partial charge in [-0.25, -0.2) is 4.98 Å². The number of hydrogen-bond donors (Lipinski definition) is 0. The number of rotatable bonds is 7. The second-order valence-corrected chi connectivity index (χ2v) is 9.05. The molecule has 2 aromatic carbocycles. The van der Waals surface area contributed by atoms with Gasteiger partial charge in [-0.05, 0) is 36.4 Å². The van der Waals surface area contributed by atoms with Crippen molar-refractivity contribution in [3.63, 3.8) is 0 Å². The Morgan fingerprint density at radius 1 is 1.22 bits per heavy atom. The summed E-state index contributed by atoms with van der Waals surface area (Å²) in [5, 5.41) is 12.9. The van der Waals surface area contributed by atoms with Crippen LogP contribution in [-0.4, -0.2) is 39.8 Å². The molecule has 0 aliphatic carbocycles. The summed E-state index contributed by atoms with van der Waals surface area (Å²) in [6.45, 7) is 1.52. The van der Waals surface area contributed by atoms with E-state index in [1.54, 1.807) is 14.2 Å². The van der Waals surface area contributed by atoms with Gasteiger partial charge < -0.3 is 4.74 Å². The van der Waals surface area contributed by atoms with E-state index in [1.165, 1.54) is 34.9 Å². The van der Waals surface area contributed by atoms with Crippen LogP contribution in [0.4, 0.5) is 5.13 Å². The molecule has 0 radical (unpaired) electrons. The summed E-state index contributed by atoms with van der Waals surface area (Å²) in [7, 11) is 3.35. The summed E-state index contributed by atoms with van der Waals surface area (Å²) in [4.78, 5) is 17.7. The topological polar surface area (TPSA) is 73.1 Å². The maximum Gasteiger partial charge on any atom is 0.225 e. The van der Waals surface area contributed by atoms with Gasteiger partial charge in [-0.1, -0.05) is 35.5 Å². The van der Waals surface area contributed by atoms with E-state index in [1.807, 2.05) is 58.5 Å². The lowest BCUT2D eigenvalue weighted by Crippen LogP contribution is -2.22. The monoisotopic (exact) mass is 485 g/mol. The predicted molar refractivity (Wildman–Crippen MR) is 129 cm³/mol. The number of halogens is 1. The van der Waals surface area contributed by atoms with Crippen molar-refractivity contribution >= 4 is 45.7 Å². The Hall–Kier alpha value is -2.88.